The molecule has 0 aliphatic carbocycles. The van der Waals surface area contributed by atoms with E-state index < -0.39 is 10.0 Å². The number of rotatable bonds is 5. The van der Waals surface area contributed by atoms with Crippen LogP contribution in [0, 0.1) is 12.3 Å². The molecule has 0 aliphatic rings. The van der Waals surface area contributed by atoms with E-state index in [0.29, 0.717) is 16.8 Å². The maximum Gasteiger partial charge on any atom is 0.262 e. The van der Waals surface area contributed by atoms with Crippen molar-refractivity contribution in [3.05, 3.63) is 66.7 Å². The lowest BCUT2D eigenvalue weighted by molar-refractivity contribution is 0.400. The van der Waals surface area contributed by atoms with E-state index in [1.807, 2.05) is 18.2 Å². The quantitative estimate of drug-likeness (QED) is 0.498. The molecule has 0 radical (unpaired) electrons. The zero-order valence-electron chi connectivity index (χ0n) is 15.8. The molecule has 3 heterocycles. The second-order valence-corrected chi connectivity index (χ2v) is 7.90. The molecule has 0 saturated carbocycles. The van der Waals surface area contributed by atoms with Crippen LogP contribution in [-0.2, 0) is 10.0 Å². The summed E-state index contributed by atoms with van der Waals surface area (Å²) in [4.78, 5) is 8.16. The van der Waals surface area contributed by atoms with Crippen molar-refractivity contribution in [1.29, 1.82) is 0 Å². The van der Waals surface area contributed by atoms with Crippen LogP contribution < -0.4 is 9.46 Å². The average Bonchev–Trinajstić information content (AvgIpc) is 2.78. The Hall–Kier alpha value is -4.03. The van der Waals surface area contributed by atoms with Crippen LogP contribution in [0.5, 0.6) is 5.88 Å². The molecule has 30 heavy (non-hydrogen) atoms. The Kier molecular flexibility index (Phi) is 5.00. The summed E-state index contributed by atoms with van der Waals surface area (Å²) < 4.78 is 33.2. The number of nitrogens with zero attached hydrogens (tertiary/aromatic N) is 4. The number of fused-ring (bicyclic) bond motifs is 1. The Morgan fingerprint density at radius 2 is 1.83 bits per heavy atom. The summed E-state index contributed by atoms with van der Waals surface area (Å²) in [5, 5.41) is 8.84. The van der Waals surface area contributed by atoms with Gasteiger partial charge < -0.3 is 4.74 Å². The average molecular weight is 417 g/mol. The first-order valence-corrected chi connectivity index (χ1v) is 10.2. The van der Waals surface area contributed by atoms with Gasteiger partial charge in [-0.25, -0.2) is 13.4 Å². The third-order valence-corrected chi connectivity index (χ3v) is 5.70. The first kappa shape index (κ1) is 19.3. The number of nitrogens with one attached hydrogen (secondary N) is 1. The zero-order valence-corrected chi connectivity index (χ0v) is 16.6. The van der Waals surface area contributed by atoms with Crippen molar-refractivity contribution < 1.29 is 13.2 Å². The smallest absolute Gasteiger partial charge is 0.262 e. The SMILES string of the molecule is C#Cc1cc2cc(-c3cnc(OC)c(NS(=O)(=O)c4ccncc4)c3)ccc2nn1. The third-order valence-electron chi connectivity index (χ3n) is 4.32. The molecule has 8 nitrogen and oxygen atoms in total. The molecule has 0 atom stereocenters. The third kappa shape index (κ3) is 3.76. The molecule has 0 amide bonds. The summed E-state index contributed by atoms with van der Waals surface area (Å²) >= 11 is 0. The molecule has 4 rings (SSSR count). The van der Waals surface area contributed by atoms with Crippen molar-refractivity contribution >= 4 is 26.6 Å². The fourth-order valence-electron chi connectivity index (χ4n) is 2.86. The highest BCUT2D eigenvalue weighted by molar-refractivity contribution is 7.92. The van der Waals surface area contributed by atoms with Crippen LogP contribution in [0.2, 0.25) is 0 Å². The minimum absolute atomic E-state index is 0.0797. The first-order chi connectivity index (χ1) is 14.5. The van der Waals surface area contributed by atoms with Crippen LogP contribution in [0.4, 0.5) is 5.69 Å². The molecule has 0 fully saturated rings. The van der Waals surface area contributed by atoms with Crippen LogP contribution in [0.15, 0.2) is 66.0 Å². The molecule has 3 aromatic heterocycles. The highest BCUT2D eigenvalue weighted by atomic mass is 32.2. The van der Waals surface area contributed by atoms with Gasteiger partial charge in [0.05, 0.1) is 17.5 Å². The molecule has 4 aromatic rings. The molecule has 0 saturated heterocycles. The second-order valence-electron chi connectivity index (χ2n) is 6.22. The lowest BCUT2D eigenvalue weighted by Gasteiger charge is -2.13. The van der Waals surface area contributed by atoms with Crippen LogP contribution in [0.1, 0.15) is 5.69 Å². The van der Waals surface area contributed by atoms with Gasteiger partial charge in [-0.3, -0.25) is 9.71 Å². The highest BCUT2D eigenvalue weighted by Gasteiger charge is 2.18. The molecule has 148 valence electrons. The molecule has 0 aliphatic heterocycles. The molecule has 0 spiro atoms. The summed E-state index contributed by atoms with van der Waals surface area (Å²) in [6, 6.07) is 11.8. The predicted molar refractivity (Wildman–Crippen MR) is 112 cm³/mol. The van der Waals surface area contributed by atoms with E-state index in [0.717, 1.165) is 10.9 Å². The number of anilines is 1. The maximum absolute atomic E-state index is 12.7. The van der Waals surface area contributed by atoms with Crippen LogP contribution in [0.25, 0.3) is 22.0 Å². The molecule has 0 bridgehead atoms. The normalized spacial score (nSPS) is 11.1. The van der Waals surface area contributed by atoms with E-state index in [9.17, 15) is 8.42 Å². The molecule has 9 heteroatoms. The van der Waals surface area contributed by atoms with E-state index in [4.69, 9.17) is 11.2 Å². The van der Waals surface area contributed by atoms with Gasteiger partial charge in [-0.1, -0.05) is 6.07 Å². The number of terminal acetylenes is 1. The zero-order chi connectivity index (χ0) is 21.1. The van der Waals surface area contributed by atoms with Crippen molar-refractivity contribution in [2.45, 2.75) is 4.90 Å². The van der Waals surface area contributed by atoms with E-state index in [1.165, 1.54) is 31.6 Å². The molecular formula is C21H15N5O3S. The lowest BCUT2D eigenvalue weighted by Crippen LogP contribution is -2.14. The largest absolute Gasteiger partial charge is 0.480 e. The Bertz CT molecular complexity index is 1380. The predicted octanol–water partition coefficient (Wildman–Crippen LogP) is 2.88. The number of ether oxygens (including phenoxy) is 1. The first-order valence-electron chi connectivity index (χ1n) is 8.71. The number of aromatic nitrogens is 4. The van der Waals surface area contributed by atoms with Gasteiger partial charge in [0.15, 0.2) is 0 Å². The number of sulfonamides is 1. The lowest BCUT2D eigenvalue weighted by atomic mass is 10.0. The van der Waals surface area contributed by atoms with Gasteiger partial charge in [0.1, 0.15) is 11.4 Å². The number of hydrogen-bond acceptors (Lipinski definition) is 7. The Labute approximate surface area is 173 Å². The summed E-state index contributed by atoms with van der Waals surface area (Å²) in [5.74, 6) is 2.61. The van der Waals surface area contributed by atoms with Crippen LogP contribution >= 0.6 is 0 Å². The van der Waals surface area contributed by atoms with Crippen molar-refractivity contribution in [2.24, 2.45) is 0 Å². The van der Waals surface area contributed by atoms with Crippen molar-refractivity contribution in [3.63, 3.8) is 0 Å². The summed E-state index contributed by atoms with van der Waals surface area (Å²) in [5.41, 5.74) is 2.82. The topological polar surface area (TPSA) is 107 Å². The van der Waals surface area contributed by atoms with E-state index in [2.05, 4.69) is 30.8 Å². The molecular weight excluding hydrogens is 402 g/mol. The van der Waals surface area contributed by atoms with Gasteiger partial charge in [-0.2, -0.15) is 0 Å². The molecule has 1 aromatic carbocycles. The minimum Gasteiger partial charge on any atom is -0.480 e. The van der Waals surface area contributed by atoms with Gasteiger partial charge in [-0.15, -0.1) is 16.6 Å². The monoisotopic (exact) mass is 417 g/mol. The van der Waals surface area contributed by atoms with Gasteiger partial charge in [0, 0.05) is 29.5 Å². The number of benzene rings is 1. The highest BCUT2D eigenvalue weighted by Crippen LogP contribution is 2.31. The van der Waals surface area contributed by atoms with Gasteiger partial charge >= 0.3 is 0 Å². The fourth-order valence-corrected chi connectivity index (χ4v) is 3.90. The van der Waals surface area contributed by atoms with Gasteiger partial charge in [0.25, 0.3) is 10.0 Å². The molecule has 1 N–H and O–H groups in total. The van der Waals surface area contributed by atoms with E-state index >= 15 is 0 Å². The second kappa shape index (κ2) is 7.77. The summed E-state index contributed by atoms with van der Waals surface area (Å²) in [6.07, 6.45) is 9.81. The van der Waals surface area contributed by atoms with Crippen LogP contribution in [0.3, 0.4) is 0 Å². The Morgan fingerprint density at radius 1 is 1.03 bits per heavy atom. The Balaban J connectivity index is 1.76. The van der Waals surface area contributed by atoms with Crippen LogP contribution in [-0.4, -0.2) is 35.7 Å². The number of hydrogen-bond donors (Lipinski definition) is 1. The Morgan fingerprint density at radius 3 is 2.57 bits per heavy atom. The van der Waals surface area contributed by atoms with Crippen molar-refractivity contribution in [2.75, 3.05) is 11.8 Å². The minimum atomic E-state index is -3.84. The fraction of sp³-hybridized carbons (Fsp3) is 0.0476. The standard InChI is InChI=1S/C21H15N5O3S/c1-3-17-11-15-10-14(4-5-19(15)25-24-17)16-12-20(21(29-2)23-13-16)26-30(27,28)18-6-8-22-9-7-18/h1,4-13,26H,2H3. The van der Waals surface area contributed by atoms with Gasteiger partial charge in [0.2, 0.25) is 5.88 Å². The van der Waals surface area contributed by atoms with Crippen molar-refractivity contribution in [1.82, 2.24) is 20.2 Å². The molecule has 0 unspecified atom stereocenters. The number of methoxy groups -OCH3 is 1. The summed E-state index contributed by atoms with van der Waals surface area (Å²) in [7, 11) is -2.42. The number of pyridine rings is 2. The summed E-state index contributed by atoms with van der Waals surface area (Å²) in [6.45, 7) is 0. The van der Waals surface area contributed by atoms with E-state index in [1.54, 1.807) is 18.3 Å². The van der Waals surface area contributed by atoms with E-state index in [-0.39, 0.29) is 16.5 Å². The van der Waals surface area contributed by atoms with Crippen molar-refractivity contribution in [3.8, 4) is 29.4 Å². The van der Waals surface area contributed by atoms with Gasteiger partial charge in [-0.05, 0) is 47.9 Å². The maximum atomic E-state index is 12.7.